The van der Waals surface area contributed by atoms with E-state index in [1.165, 1.54) is 5.56 Å². The molecular weight excluding hydrogens is 564 g/mol. The van der Waals surface area contributed by atoms with Crippen molar-refractivity contribution in [3.63, 3.8) is 0 Å². The monoisotopic (exact) mass is 592 g/mol. The molecule has 5 heteroatoms. The number of anilines is 1. The molecule has 1 atom stereocenters. The number of nitrogens with zero attached hydrogens (tertiary/aromatic N) is 3. The van der Waals surface area contributed by atoms with Crippen LogP contribution >= 0.6 is 0 Å². The Morgan fingerprint density at radius 1 is 0.522 bits per heavy atom. The van der Waals surface area contributed by atoms with Crippen LogP contribution in [0.1, 0.15) is 11.8 Å². The van der Waals surface area contributed by atoms with Gasteiger partial charge < -0.3 is 10.1 Å². The van der Waals surface area contributed by atoms with Gasteiger partial charge in [0, 0.05) is 27.5 Å². The van der Waals surface area contributed by atoms with Crippen molar-refractivity contribution in [2.75, 3.05) is 5.32 Å². The summed E-state index contributed by atoms with van der Waals surface area (Å²) in [6, 6.07) is 54.4. The molecule has 0 spiro atoms. The molecule has 1 unspecified atom stereocenters. The van der Waals surface area contributed by atoms with Gasteiger partial charge in [0.05, 0.1) is 22.6 Å². The van der Waals surface area contributed by atoms with Crippen LogP contribution in [-0.2, 0) is 0 Å². The molecule has 0 bridgehead atoms. The van der Waals surface area contributed by atoms with Gasteiger partial charge in [-0.05, 0) is 41.5 Å². The van der Waals surface area contributed by atoms with Crippen molar-refractivity contribution < 1.29 is 4.74 Å². The molecular formula is C41H28N4O. The van der Waals surface area contributed by atoms with E-state index in [4.69, 9.17) is 14.7 Å². The molecule has 0 saturated carbocycles. The van der Waals surface area contributed by atoms with E-state index >= 15 is 0 Å². The number of nitrogens with one attached hydrogen (secondary N) is 1. The van der Waals surface area contributed by atoms with Crippen LogP contribution < -0.4 is 10.1 Å². The maximum absolute atomic E-state index is 6.76. The minimum absolute atomic E-state index is 0.301. The van der Waals surface area contributed by atoms with Crippen molar-refractivity contribution in [1.82, 2.24) is 14.5 Å². The van der Waals surface area contributed by atoms with Gasteiger partial charge in [-0.1, -0.05) is 127 Å². The highest BCUT2D eigenvalue weighted by atomic mass is 16.5. The summed E-state index contributed by atoms with van der Waals surface area (Å²) in [6.45, 7) is 0. The molecule has 5 nitrogen and oxygen atoms in total. The van der Waals surface area contributed by atoms with Gasteiger partial charge in [0.2, 0.25) is 5.95 Å². The first-order valence-corrected chi connectivity index (χ1v) is 15.5. The number of benzene rings is 6. The Morgan fingerprint density at radius 3 is 1.74 bits per heavy atom. The fourth-order valence-corrected chi connectivity index (χ4v) is 6.44. The third kappa shape index (κ3) is 4.41. The lowest BCUT2D eigenvalue weighted by atomic mass is 10.0. The third-order valence-corrected chi connectivity index (χ3v) is 8.67. The molecule has 0 aliphatic carbocycles. The molecule has 2 aromatic heterocycles. The van der Waals surface area contributed by atoms with E-state index < -0.39 is 0 Å². The number of hydrogen-bond donors (Lipinski definition) is 1. The average Bonchev–Trinajstić information content (AvgIpc) is 3.72. The molecule has 46 heavy (non-hydrogen) atoms. The molecule has 3 heterocycles. The van der Waals surface area contributed by atoms with Crippen LogP contribution in [0.5, 0.6) is 5.75 Å². The van der Waals surface area contributed by atoms with Gasteiger partial charge in [-0.15, -0.1) is 0 Å². The SMILES string of the molecule is c1ccc(-c2ccc3c(c2)c2ccc4c(c2n3-c2nc(-c3ccccc3)cc(-c3ccccc3)n2)OC(c2ccccc2)N4)cc1. The van der Waals surface area contributed by atoms with Crippen LogP contribution in [0.3, 0.4) is 0 Å². The highest BCUT2D eigenvalue weighted by Gasteiger charge is 2.29. The summed E-state index contributed by atoms with van der Waals surface area (Å²) in [5.74, 6) is 1.38. The molecule has 1 aliphatic heterocycles. The molecule has 0 saturated heterocycles. The summed E-state index contributed by atoms with van der Waals surface area (Å²) >= 11 is 0. The van der Waals surface area contributed by atoms with Gasteiger partial charge in [0.15, 0.2) is 12.0 Å². The highest BCUT2D eigenvalue weighted by Crippen LogP contribution is 2.47. The molecule has 6 aromatic carbocycles. The molecule has 0 fully saturated rings. The average molecular weight is 593 g/mol. The minimum Gasteiger partial charge on any atom is -0.462 e. The second kappa shape index (κ2) is 10.8. The summed E-state index contributed by atoms with van der Waals surface area (Å²) in [4.78, 5) is 10.5. The van der Waals surface area contributed by atoms with Crippen molar-refractivity contribution >= 4 is 27.5 Å². The predicted octanol–water partition coefficient (Wildman–Crippen LogP) is 10.1. The van der Waals surface area contributed by atoms with E-state index in [2.05, 4.69) is 107 Å². The lowest BCUT2D eigenvalue weighted by Crippen LogP contribution is -2.10. The summed E-state index contributed by atoms with van der Waals surface area (Å²) in [5.41, 5.74) is 10.0. The van der Waals surface area contributed by atoms with Crippen LogP contribution in [-0.4, -0.2) is 14.5 Å². The van der Waals surface area contributed by atoms with Crippen LogP contribution in [0.2, 0.25) is 0 Å². The highest BCUT2D eigenvalue weighted by molar-refractivity contribution is 6.13. The Kier molecular flexibility index (Phi) is 6.13. The second-order valence-corrected chi connectivity index (χ2v) is 11.5. The van der Waals surface area contributed by atoms with Crippen molar-refractivity contribution in [2.24, 2.45) is 0 Å². The zero-order valence-electron chi connectivity index (χ0n) is 24.8. The quantitative estimate of drug-likeness (QED) is 0.216. The smallest absolute Gasteiger partial charge is 0.235 e. The molecule has 1 N–H and O–H groups in total. The Morgan fingerprint density at radius 2 is 1.11 bits per heavy atom. The first-order chi connectivity index (χ1) is 22.8. The van der Waals surface area contributed by atoms with Gasteiger partial charge >= 0.3 is 0 Å². The molecule has 8 aromatic rings. The van der Waals surface area contributed by atoms with Crippen molar-refractivity contribution in [3.05, 3.63) is 163 Å². The van der Waals surface area contributed by atoms with Gasteiger partial charge in [-0.25, -0.2) is 9.97 Å². The zero-order chi connectivity index (χ0) is 30.5. The number of ether oxygens (including phenoxy) is 1. The summed E-state index contributed by atoms with van der Waals surface area (Å²) < 4.78 is 8.93. The minimum atomic E-state index is -0.301. The molecule has 1 aliphatic rings. The normalized spacial score (nSPS) is 13.8. The van der Waals surface area contributed by atoms with Crippen LogP contribution in [0.15, 0.2) is 158 Å². The van der Waals surface area contributed by atoms with Crippen molar-refractivity contribution in [3.8, 4) is 45.3 Å². The van der Waals surface area contributed by atoms with Gasteiger partial charge in [0.1, 0.15) is 5.52 Å². The van der Waals surface area contributed by atoms with Gasteiger partial charge in [-0.2, -0.15) is 0 Å². The Bertz CT molecular complexity index is 2290. The predicted molar refractivity (Wildman–Crippen MR) is 186 cm³/mol. The molecule has 218 valence electrons. The third-order valence-electron chi connectivity index (χ3n) is 8.67. The Balaban J connectivity index is 1.33. The fraction of sp³-hybridized carbons (Fsp3) is 0.0244. The van der Waals surface area contributed by atoms with E-state index in [0.717, 1.165) is 66.9 Å². The van der Waals surface area contributed by atoms with Crippen molar-refractivity contribution in [1.29, 1.82) is 0 Å². The zero-order valence-corrected chi connectivity index (χ0v) is 24.8. The van der Waals surface area contributed by atoms with E-state index in [1.807, 2.05) is 60.7 Å². The Hall–Kier alpha value is -6.20. The molecule has 0 amide bonds. The second-order valence-electron chi connectivity index (χ2n) is 11.5. The van der Waals surface area contributed by atoms with E-state index in [-0.39, 0.29) is 6.23 Å². The molecule has 0 radical (unpaired) electrons. The lowest BCUT2D eigenvalue weighted by molar-refractivity contribution is 0.262. The van der Waals surface area contributed by atoms with Crippen molar-refractivity contribution in [2.45, 2.75) is 6.23 Å². The lowest BCUT2D eigenvalue weighted by Gasteiger charge is -2.13. The first-order valence-electron chi connectivity index (χ1n) is 15.5. The molecule has 9 rings (SSSR count). The summed E-state index contributed by atoms with van der Waals surface area (Å²) in [6.07, 6.45) is -0.301. The number of rotatable bonds is 5. The maximum Gasteiger partial charge on any atom is 0.235 e. The summed E-state index contributed by atoms with van der Waals surface area (Å²) in [5, 5.41) is 5.79. The Labute approximate surface area is 266 Å². The standard InChI is InChI=1S/C41H28N4O/c1-5-13-27(14-6-1)31-21-24-37-33(25-31)32-22-23-34-39(46-40(42-34)30-19-11-4-12-20-30)38(32)45(37)41-43-35(28-15-7-2-8-16-28)26-36(44-41)29-17-9-3-10-18-29/h1-26,40,42H. The van der Waals surface area contributed by atoms with Crippen LogP contribution in [0, 0.1) is 0 Å². The van der Waals surface area contributed by atoms with E-state index in [9.17, 15) is 0 Å². The first kappa shape index (κ1) is 26.2. The topological polar surface area (TPSA) is 52.0 Å². The van der Waals surface area contributed by atoms with E-state index in [1.54, 1.807) is 0 Å². The van der Waals surface area contributed by atoms with Gasteiger partial charge in [-0.3, -0.25) is 4.57 Å². The number of hydrogen-bond acceptors (Lipinski definition) is 4. The van der Waals surface area contributed by atoms with E-state index in [0.29, 0.717) is 5.95 Å². The summed E-state index contributed by atoms with van der Waals surface area (Å²) in [7, 11) is 0. The largest absolute Gasteiger partial charge is 0.462 e. The maximum atomic E-state index is 6.76. The number of aromatic nitrogens is 3. The number of fused-ring (bicyclic) bond motifs is 5. The van der Waals surface area contributed by atoms with Crippen LogP contribution in [0.25, 0.3) is 61.4 Å². The fourth-order valence-electron chi connectivity index (χ4n) is 6.44. The van der Waals surface area contributed by atoms with Gasteiger partial charge in [0.25, 0.3) is 0 Å². The van der Waals surface area contributed by atoms with Crippen LogP contribution in [0.4, 0.5) is 5.69 Å².